The number of nitrogens with one attached hydrogen (secondary N) is 1. The maximum Gasteiger partial charge on any atom is 0.268 e. The van der Waals surface area contributed by atoms with Gasteiger partial charge in [0.25, 0.3) is 6.71 Å². The number of nitriles is 2. The van der Waals surface area contributed by atoms with Crippen LogP contribution in [0.3, 0.4) is 0 Å². The molecule has 92 valence electrons. The molecule has 0 atom stereocenters. The van der Waals surface area contributed by atoms with Crippen molar-refractivity contribution in [1.82, 2.24) is 9.78 Å². The third kappa shape index (κ3) is 3.04. The summed E-state index contributed by atoms with van der Waals surface area (Å²) in [7, 11) is 0. The lowest BCUT2D eigenvalue weighted by atomic mass is 9.42. The van der Waals surface area contributed by atoms with Gasteiger partial charge in [0.1, 0.15) is 0 Å². The molecule has 2 rings (SSSR count). The van der Waals surface area contributed by atoms with Crippen molar-refractivity contribution in [3.05, 3.63) is 12.4 Å². The molecule has 0 aromatic carbocycles. The van der Waals surface area contributed by atoms with E-state index < -0.39 is 0 Å². The zero-order valence-corrected chi connectivity index (χ0v) is 10.3. The van der Waals surface area contributed by atoms with E-state index in [0.29, 0.717) is 19.0 Å². The van der Waals surface area contributed by atoms with Crippen LogP contribution in [0, 0.1) is 22.6 Å². The van der Waals surface area contributed by atoms with Gasteiger partial charge in [0, 0.05) is 18.7 Å². The van der Waals surface area contributed by atoms with Gasteiger partial charge in [0.2, 0.25) is 0 Å². The Bertz CT molecular complexity index is 462. The second-order valence-corrected chi connectivity index (χ2v) is 4.68. The molecule has 0 bridgehead atoms. The summed E-state index contributed by atoms with van der Waals surface area (Å²) in [5.74, 6) is 2.34. The second kappa shape index (κ2) is 6.11. The first kappa shape index (κ1) is 12.5. The summed E-state index contributed by atoms with van der Waals surface area (Å²) in [5, 5.41) is 24.9. The van der Waals surface area contributed by atoms with E-state index in [1.54, 1.807) is 6.20 Å². The molecule has 0 spiro atoms. The Hall–Kier alpha value is -1.95. The molecule has 0 amide bonds. The molecule has 1 aromatic rings. The minimum atomic E-state index is 0.227. The first-order valence-electron chi connectivity index (χ1n) is 6.38. The van der Waals surface area contributed by atoms with E-state index in [2.05, 4.69) is 22.5 Å². The van der Waals surface area contributed by atoms with E-state index in [9.17, 15) is 0 Å². The van der Waals surface area contributed by atoms with E-state index in [-0.39, 0.29) is 6.71 Å². The van der Waals surface area contributed by atoms with Crippen LogP contribution < -0.4 is 5.32 Å². The van der Waals surface area contributed by atoms with Crippen molar-refractivity contribution in [2.24, 2.45) is 0 Å². The molecule has 1 aromatic heterocycles. The van der Waals surface area contributed by atoms with Crippen molar-refractivity contribution in [2.75, 3.05) is 11.9 Å². The molecule has 18 heavy (non-hydrogen) atoms. The van der Waals surface area contributed by atoms with Crippen LogP contribution in [0.15, 0.2) is 12.4 Å². The van der Waals surface area contributed by atoms with Crippen LogP contribution >= 0.6 is 0 Å². The lowest BCUT2D eigenvalue weighted by Crippen LogP contribution is -2.22. The molecule has 0 unspecified atom stereocenters. The first-order valence-corrected chi connectivity index (χ1v) is 6.38. The number of hydrogen-bond acceptors (Lipinski definition) is 4. The molecule has 0 aliphatic carbocycles. The quantitative estimate of drug-likeness (QED) is 0.646. The van der Waals surface area contributed by atoms with Crippen LogP contribution in [0.2, 0.25) is 12.6 Å². The highest BCUT2D eigenvalue weighted by molar-refractivity contribution is 6.67. The second-order valence-electron chi connectivity index (χ2n) is 4.68. The van der Waals surface area contributed by atoms with Crippen LogP contribution in [0.4, 0.5) is 5.69 Å². The predicted molar refractivity (Wildman–Crippen MR) is 70.2 cm³/mol. The van der Waals surface area contributed by atoms with Gasteiger partial charge in [0.05, 0.1) is 30.4 Å². The fourth-order valence-electron chi connectivity index (χ4n) is 2.36. The summed E-state index contributed by atoms with van der Waals surface area (Å²) < 4.78 is 1.99. The Labute approximate surface area is 107 Å². The first-order chi connectivity index (χ1) is 8.83. The van der Waals surface area contributed by atoms with Crippen molar-refractivity contribution in [3.8, 4) is 12.0 Å². The highest BCUT2D eigenvalue weighted by Crippen LogP contribution is 2.29. The maximum absolute atomic E-state index is 8.86. The van der Waals surface area contributed by atoms with Gasteiger partial charge >= 0.3 is 0 Å². The van der Waals surface area contributed by atoms with E-state index in [0.717, 1.165) is 31.2 Å². The van der Waals surface area contributed by atoms with Crippen LogP contribution in [0.25, 0.3) is 0 Å². The Morgan fingerprint density at radius 1 is 1.44 bits per heavy atom. The number of aromatic nitrogens is 2. The average Bonchev–Trinajstić information content (AvgIpc) is 2.88. The van der Waals surface area contributed by atoms with Crippen molar-refractivity contribution in [3.63, 3.8) is 0 Å². The van der Waals surface area contributed by atoms with Gasteiger partial charge in [-0.15, -0.1) is 0 Å². The molecule has 6 heteroatoms. The number of hydrogen-bond donors (Lipinski definition) is 1. The summed E-state index contributed by atoms with van der Waals surface area (Å²) in [6, 6.07) is 2.52. The van der Waals surface area contributed by atoms with Gasteiger partial charge in [0.15, 0.2) is 0 Å². The fraction of sp³-hybridized carbons (Fsp3) is 0.583. The fourth-order valence-corrected chi connectivity index (χ4v) is 2.36. The molecular weight excluding hydrogens is 225 g/mol. The Balaban J connectivity index is 1.87. The van der Waals surface area contributed by atoms with E-state index in [1.807, 2.05) is 10.9 Å². The number of nitrogens with zero attached hydrogens (tertiary/aromatic N) is 4. The van der Waals surface area contributed by atoms with Gasteiger partial charge in [-0.2, -0.15) is 10.4 Å². The monoisotopic (exact) mass is 241 g/mol. The minimum Gasteiger partial charge on any atom is -0.381 e. The standard InChI is InChI=1S/C12H16BN5/c14-6-1-7-16-11-8-17-18(9-11)12-2-4-13(10-15)5-3-12/h8-9,12,16H,1-5,7H2. The van der Waals surface area contributed by atoms with Gasteiger partial charge in [-0.3, -0.25) is 4.68 Å². The Morgan fingerprint density at radius 2 is 2.22 bits per heavy atom. The van der Waals surface area contributed by atoms with Crippen molar-refractivity contribution in [1.29, 1.82) is 10.5 Å². The molecule has 2 heterocycles. The zero-order chi connectivity index (χ0) is 12.8. The van der Waals surface area contributed by atoms with E-state index in [4.69, 9.17) is 10.5 Å². The molecule has 1 saturated heterocycles. The third-order valence-electron chi connectivity index (χ3n) is 3.42. The molecule has 1 aliphatic heterocycles. The smallest absolute Gasteiger partial charge is 0.268 e. The summed E-state index contributed by atoms with van der Waals surface area (Å²) in [5.41, 5.74) is 0.965. The summed E-state index contributed by atoms with van der Waals surface area (Å²) >= 11 is 0. The molecule has 5 nitrogen and oxygen atoms in total. The van der Waals surface area contributed by atoms with Crippen molar-refractivity contribution >= 4 is 12.4 Å². The van der Waals surface area contributed by atoms with E-state index >= 15 is 0 Å². The highest BCUT2D eigenvalue weighted by atomic mass is 15.3. The topological polar surface area (TPSA) is 77.4 Å². The summed E-state index contributed by atoms with van der Waals surface area (Å²) in [6.45, 7) is 0.883. The van der Waals surface area contributed by atoms with E-state index in [1.165, 1.54) is 0 Å². The van der Waals surface area contributed by atoms with Crippen molar-refractivity contribution < 1.29 is 0 Å². The Kier molecular flexibility index (Phi) is 4.25. The molecule has 1 fully saturated rings. The summed E-state index contributed by atoms with van der Waals surface area (Å²) in [6.07, 6.45) is 8.28. The largest absolute Gasteiger partial charge is 0.381 e. The number of rotatable bonds is 4. The van der Waals surface area contributed by atoms with Crippen molar-refractivity contribution in [2.45, 2.75) is 37.9 Å². The van der Waals surface area contributed by atoms with Crippen LogP contribution in [-0.4, -0.2) is 23.0 Å². The number of anilines is 1. The molecule has 0 saturated carbocycles. The molecule has 1 aliphatic rings. The Morgan fingerprint density at radius 3 is 2.89 bits per heavy atom. The lowest BCUT2D eigenvalue weighted by molar-refractivity contribution is 0.415. The minimum absolute atomic E-state index is 0.227. The summed E-state index contributed by atoms with van der Waals surface area (Å²) in [4.78, 5) is 0. The third-order valence-corrected chi connectivity index (χ3v) is 3.42. The average molecular weight is 241 g/mol. The van der Waals surface area contributed by atoms with Gasteiger partial charge in [-0.25, -0.2) is 5.26 Å². The predicted octanol–water partition coefficient (Wildman–Crippen LogP) is 2.10. The maximum atomic E-state index is 8.86. The van der Waals surface area contributed by atoms with Crippen LogP contribution in [0.1, 0.15) is 25.3 Å². The van der Waals surface area contributed by atoms with Gasteiger partial charge in [-0.1, -0.05) is 12.6 Å². The van der Waals surface area contributed by atoms with Gasteiger partial charge in [-0.05, 0) is 12.8 Å². The van der Waals surface area contributed by atoms with Gasteiger partial charge < -0.3 is 5.32 Å². The lowest BCUT2D eigenvalue weighted by Gasteiger charge is -2.23. The zero-order valence-electron chi connectivity index (χ0n) is 10.3. The van der Waals surface area contributed by atoms with Crippen LogP contribution in [0.5, 0.6) is 0 Å². The van der Waals surface area contributed by atoms with Crippen LogP contribution in [-0.2, 0) is 0 Å². The molecule has 1 N–H and O–H groups in total. The normalized spacial score (nSPS) is 16.0. The molecular formula is C12H16BN5. The molecule has 0 radical (unpaired) electrons. The highest BCUT2D eigenvalue weighted by Gasteiger charge is 2.25. The SMILES string of the molecule is N#CCCNc1cnn(C2CCB(C#N)CC2)c1.